The molecule has 3 rings (SSSR count). The SMILES string of the molecule is Brc1nc(Sc2nnc(Cc3ccccc3)s2)sc1Br. The lowest BCUT2D eigenvalue weighted by molar-refractivity contribution is 0.956. The average molecular weight is 449 g/mol. The molecule has 2 heterocycles. The van der Waals surface area contributed by atoms with Gasteiger partial charge in [0.05, 0.1) is 0 Å². The Morgan fingerprint density at radius 1 is 1.00 bits per heavy atom. The molecule has 0 aliphatic heterocycles. The molecule has 0 bridgehead atoms. The van der Waals surface area contributed by atoms with Gasteiger partial charge in [0.25, 0.3) is 0 Å². The van der Waals surface area contributed by atoms with Crippen LogP contribution in [-0.2, 0) is 6.42 Å². The fourth-order valence-corrected chi connectivity index (χ4v) is 5.93. The van der Waals surface area contributed by atoms with Crippen molar-refractivity contribution in [2.45, 2.75) is 15.1 Å². The second-order valence-electron chi connectivity index (χ2n) is 3.77. The summed E-state index contributed by atoms with van der Waals surface area (Å²) in [6.45, 7) is 0. The van der Waals surface area contributed by atoms with Crippen LogP contribution in [0.3, 0.4) is 0 Å². The van der Waals surface area contributed by atoms with Crippen LogP contribution < -0.4 is 0 Å². The van der Waals surface area contributed by atoms with Gasteiger partial charge in [0.1, 0.15) is 13.4 Å². The average Bonchev–Trinajstić information content (AvgIpc) is 2.99. The Morgan fingerprint density at radius 3 is 2.50 bits per heavy atom. The standard InChI is InChI=1S/C12H7Br2N3S3/c13-9-10(14)19-11(15-9)20-12-17-16-8(18-12)6-7-4-2-1-3-5-7/h1-5H,6H2. The van der Waals surface area contributed by atoms with Crippen LogP contribution in [0.2, 0.25) is 0 Å². The van der Waals surface area contributed by atoms with Gasteiger partial charge in [-0.3, -0.25) is 0 Å². The van der Waals surface area contributed by atoms with E-state index in [0.29, 0.717) is 0 Å². The molecule has 0 radical (unpaired) electrons. The molecule has 0 amide bonds. The van der Waals surface area contributed by atoms with Crippen LogP contribution in [0.5, 0.6) is 0 Å². The van der Waals surface area contributed by atoms with Gasteiger partial charge in [0.15, 0.2) is 8.68 Å². The zero-order valence-corrected chi connectivity index (χ0v) is 15.5. The van der Waals surface area contributed by atoms with Crippen LogP contribution >= 0.6 is 66.3 Å². The quantitative estimate of drug-likeness (QED) is 0.545. The molecule has 1 aromatic carbocycles. The van der Waals surface area contributed by atoms with Gasteiger partial charge in [-0.2, -0.15) is 0 Å². The summed E-state index contributed by atoms with van der Waals surface area (Å²) in [5.74, 6) is 0. The highest BCUT2D eigenvalue weighted by Crippen LogP contribution is 2.38. The third-order valence-corrected chi connectivity index (χ3v) is 7.46. The van der Waals surface area contributed by atoms with Crippen molar-refractivity contribution < 1.29 is 0 Å². The third-order valence-electron chi connectivity index (χ3n) is 2.35. The first kappa shape index (κ1) is 14.6. The molecule has 0 unspecified atom stereocenters. The Labute approximate surface area is 145 Å². The van der Waals surface area contributed by atoms with E-state index in [2.05, 4.69) is 59.2 Å². The Hall–Kier alpha value is -0.280. The first-order valence-corrected chi connectivity index (χ1v) is 9.60. The maximum atomic E-state index is 4.39. The lowest BCUT2D eigenvalue weighted by Gasteiger charge is -1.94. The highest BCUT2D eigenvalue weighted by Gasteiger charge is 2.11. The molecule has 102 valence electrons. The number of benzene rings is 1. The Kier molecular flexibility index (Phi) is 4.87. The predicted octanol–water partition coefficient (Wildman–Crippen LogP) is 5.26. The molecule has 0 spiro atoms. The zero-order chi connectivity index (χ0) is 13.9. The van der Waals surface area contributed by atoms with E-state index in [1.165, 1.54) is 5.56 Å². The van der Waals surface area contributed by atoms with E-state index in [9.17, 15) is 0 Å². The van der Waals surface area contributed by atoms with Crippen molar-refractivity contribution >= 4 is 66.3 Å². The monoisotopic (exact) mass is 447 g/mol. The van der Waals surface area contributed by atoms with Crippen LogP contribution in [0.1, 0.15) is 10.6 Å². The van der Waals surface area contributed by atoms with E-state index in [-0.39, 0.29) is 0 Å². The summed E-state index contributed by atoms with van der Waals surface area (Å²) in [6, 6.07) is 10.3. The molecular weight excluding hydrogens is 442 g/mol. The normalized spacial score (nSPS) is 10.9. The Morgan fingerprint density at radius 2 is 1.80 bits per heavy atom. The molecule has 3 nitrogen and oxygen atoms in total. The molecular formula is C12H7Br2N3S3. The summed E-state index contributed by atoms with van der Waals surface area (Å²) in [6.07, 6.45) is 0.824. The smallest absolute Gasteiger partial charge is 0.181 e. The van der Waals surface area contributed by atoms with Crippen LogP contribution in [0.4, 0.5) is 0 Å². The number of aromatic nitrogens is 3. The largest absolute Gasteiger partial charge is 0.221 e. The first-order valence-electron chi connectivity index (χ1n) is 5.56. The van der Waals surface area contributed by atoms with E-state index in [4.69, 9.17) is 0 Å². The van der Waals surface area contributed by atoms with Crippen molar-refractivity contribution in [1.82, 2.24) is 15.2 Å². The maximum absolute atomic E-state index is 4.39. The summed E-state index contributed by atoms with van der Waals surface area (Å²) in [5, 5.41) is 9.47. The Bertz CT molecular complexity index is 692. The third kappa shape index (κ3) is 3.67. The predicted molar refractivity (Wildman–Crippen MR) is 90.8 cm³/mol. The highest BCUT2D eigenvalue weighted by atomic mass is 79.9. The maximum Gasteiger partial charge on any atom is 0.181 e. The minimum Gasteiger partial charge on any atom is -0.221 e. The van der Waals surface area contributed by atoms with Crippen LogP contribution in [0.15, 0.2) is 47.4 Å². The van der Waals surface area contributed by atoms with E-state index >= 15 is 0 Å². The molecule has 0 saturated heterocycles. The lowest BCUT2D eigenvalue weighted by Crippen LogP contribution is -1.85. The minimum atomic E-state index is 0.824. The fourth-order valence-electron chi connectivity index (χ4n) is 1.51. The molecule has 0 atom stereocenters. The highest BCUT2D eigenvalue weighted by molar-refractivity contribution is 9.13. The molecule has 0 saturated carbocycles. The number of hydrogen-bond acceptors (Lipinski definition) is 6. The zero-order valence-electron chi connectivity index (χ0n) is 9.92. The Balaban J connectivity index is 1.70. The molecule has 20 heavy (non-hydrogen) atoms. The topological polar surface area (TPSA) is 38.7 Å². The van der Waals surface area contributed by atoms with Gasteiger partial charge >= 0.3 is 0 Å². The second kappa shape index (κ2) is 6.65. The summed E-state index contributed by atoms with van der Waals surface area (Å²) in [4.78, 5) is 4.39. The molecule has 3 aromatic rings. The van der Waals surface area contributed by atoms with E-state index < -0.39 is 0 Å². The van der Waals surface area contributed by atoms with Gasteiger partial charge in [-0.05, 0) is 49.2 Å². The minimum absolute atomic E-state index is 0.824. The van der Waals surface area contributed by atoms with Crippen molar-refractivity contribution in [2.75, 3.05) is 0 Å². The summed E-state index contributed by atoms with van der Waals surface area (Å²) in [7, 11) is 0. The summed E-state index contributed by atoms with van der Waals surface area (Å²) in [5.41, 5.74) is 1.25. The van der Waals surface area contributed by atoms with Crippen molar-refractivity contribution in [3.8, 4) is 0 Å². The van der Waals surface area contributed by atoms with Crippen LogP contribution in [0.25, 0.3) is 0 Å². The van der Waals surface area contributed by atoms with Gasteiger partial charge in [-0.15, -0.1) is 10.2 Å². The lowest BCUT2D eigenvalue weighted by atomic mass is 10.2. The van der Waals surface area contributed by atoms with E-state index in [1.807, 2.05) is 18.2 Å². The van der Waals surface area contributed by atoms with Crippen molar-refractivity contribution in [3.63, 3.8) is 0 Å². The van der Waals surface area contributed by atoms with Gasteiger partial charge in [-0.1, -0.05) is 53.0 Å². The van der Waals surface area contributed by atoms with Gasteiger partial charge < -0.3 is 0 Å². The summed E-state index contributed by atoms with van der Waals surface area (Å²) < 4.78 is 3.70. The summed E-state index contributed by atoms with van der Waals surface area (Å²) >= 11 is 11.6. The van der Waals surface area contributed by atoms with Crippen molar-refractivity contribution in [1.29, 1.82) is 0 Å². The van der Waals surface area contributed by atoms with Crippen LogP contribution in [-0.4, -0.2) is 15.2 Å². The van der Waals surface area contributed by atoms with Gasteiger partial charge in [0.2, 0.25) is 0 Å². The number of halogens is 2. The first-order chi connectivity index (χ1) is 9.70. The molecule has 0 fully saturated rings. The number of rotatable bonds is 4. The number of hydrogen-bond donors (Lipinski definition) is 0. The van der Waals surface area contributed by atoms with E-state index in [0.717, 1.165) is 28.5 Å². The van der Waals surface area contributed by atoms with Crippen molar-refractivity contribution in [3.05, 3.63) is 49.3 Å². The number of thiazole rings is 1. The fraction of sp³-hybridized carbons (Fsp3) is 0.0833. The van der Waals surface area contributed by atoms with E-state index in [1.54, 1.807) is 34.4 Å². The van der Waals surface area contributed by atoms with Crippen LogP contribution in [0, 0.1) is 0 Å². The second-order valence-corrected chi connectivity index (χ2v) is 9.39. The van der Waals surface area contributed by atoms with Gasteiger partial charge in [0, 0.05) is 6.42 Å². The number of nitrogens with zero attached hydrogens (tertiary/aromatic N) is 3. The molecule has 0 aliphatic carbocycles. The van der Waals surface area contributed by atoms with Gasteiger partial charge in [-0.25, -0.2) is 4.98 Å². The molecule has 0 aliphatic rings. The van der Waals surface area contributed by atoms with Crippen molar-refractivity contribution in [2.24, 2.45) is 0 Å². The molecule has 0 N–H and O–H groups in total. The molecule has 8 heteroatoms. The molecule has 2 aromatic heterocycles.